The van der Waals surface area contributed by atoms with Crippen molar-refractivity contribution in [3.05, 3.63) is 35.4 Å². The first-order valence-electron chi connectivity index (χ1n) is 8.10. The smallest absolute Gasteiger partial charge is 0.251 e. The van der Waals surface area contributed by atoms with E-state index in [1.807, 2.05) is 18.2 Å². The molecule has 2 N–H and O–H groups in total. The molecule has 2 unspecified atom stereocenters. The van der Waals surface area contributed by atoms with Crippen LogP contribution in [0.5, 0.6) is 0 Å². The van der Waals surface area contributed by atoms with E-state index in [1.54, 1.807) is 0 Å². The van der Waals surface area contributed by atoms with Crippen LogP contribution in [0.1, 0.15) is 62.4 Å². The van der Waals surface area contributed by atoms with E-state index in [1.165, 1.54) is 12.8 Å². The van der Waals surface area contributed by atoms with Crippen LogP contribution in [-0.2, 0) is 5.41 Å². The van der Waals surface area contributed by atoms with Gasteiger partial charge in [-0.05, 0) is 42.7 Å². The van der Waals surface area contributed by atoms with Crippen LogP contribution in [-0.4, -0.2) is 24.0 Å². The molecule has 3 rings (SSSR count). The Balaban J connectivity index is 1.74. The van der Waals surface area contributed by atoms with Gasteiger partial charge in [-0.2, -0.15) is 0 Å². The van der Waals surface area contributed by atoms with Crippen molar-refractivity contribution in [3.63, 3.8) is 0 Å². The molecule has 2 heterocycles. The van der Waals surface area contributed by atoms with Gasteiger partial charge in [0.2, 0.25) is 0 Å². The second-order valence-corrected chi connectivity index (χ2v) is 7.58. The molecule has 114 valence electrons. The topological polar surface area (TPSA) is 41.1 Å². The molecule has 0 radical (unpaired) electrons. The summed E-state index contributed by atoms with van der Waals surface area (Å²) in [4.78, 5) is 12.7. The molecule has 2 aliphatic heterocycles. The molecule has 1 aromatic carbocycles. The molecule has 3 heteroatoms. The molecular formula is C18H26N2O. The molecule has 2 saturated heterocycles. The number of carbonyl (C=O) groups is 1. The maximum absolute atomic E-state index is 12.7. The van der Waals surface area contributed by atoms with E-state index in [4.69, 9.17) is 0 Å². The zero-order chi connectivity index (χ0) is 15.0. The van der Waals surface area contributed by atoms with Gasteiger partial charge >= 0.3 is 0 Å². The summed E-state index contributed by atoms with van der Waals surface area (Å²) in [5.41, 5.74) is 1.94. The van der Waals surface area contributed by atoms with Crippen molar-refractivity contribution in [2.45, 2.75) is 70.0 Å². The zero-order valence-corrected chi connectivity index (χ0v) is 13.3. The van der Waals surface area contributed by atoms with Crippen LogP contribution in [0.3, 0.4) is 0 Å². The largest absolute Gasteiger partial charge is 0.349 e. The van der Waals surface area contributed by atoms with Crippen molar-refractivity contribution >= 4 is 5.91 Å². The highest BCUT2D eigenvalue weighted by Gasteiger charge is 2.34. The van der Waals surface area contributed by atoms with E-state index >= 15 is 0 Å². The van der Waals surface area contributed by atoms with Gasteiger partial charge in [0, 0.05) is 23.7 Å². The fourth-order valence-corrected chi connectivity index (χ4v) is 3.77. The van der Waals surface area contributed by atoms with Crippen molar-refractivity contribution in [1.29, 1.82) is 0 Å². The van der Waals surface area contributed by atoms with Crippen LogP contribution in [0.25, 0.3) is 0 Å². The fraction of sp³-hybridized carbons (Fsp3) is 0.611. The molecule has 0 saturated carbocycles. The number of rotatable bonds is 2. The molecular weight excluding hydrogens is 260 g/mol. The molecule has 2 fully saturated rings. The SMILES string of the molecule is CC(C)(C)c1ccccc1C(=O)NC1CC2CCC(C1)N2. The van der Waals surface area contributed by atoms with Crippen LogP contribution in [0, 0.1) is 0 Å². The van der Waals surface area contributed by atoms with Gasteiger partial charge in [0.05, 0.1) is 0 Å². The molecule has 3 nitrogen and oxygen atoms in total. The van der Waals surface area contributed by atoms with Crippen LogP contribution >= 0.6 is 0 Å². The Morgan fingerprint density at radius 2 is 1.76 bits per heavy atom. The summed E-state index contributed by atoms with van der Waals surface area (Å²) < 4.78 is 0. The van der Waals surface area contributed by atoms with Crippen LogP contribution < -0.4 is 10.6 Å². The molecule has 2 aliphatic rings. The number of carbonyl (C=O) groups excluding carboxylic acids is 1. The van der Waals surface area contributed by atoms with Gasteiger partial charge in [0.25, 0.3) is 5.91 Å². The number of amides is 1. The highest BCUT2D eigenvalue weighted by molar-refractivity contribution is 5.96. The molecule has 2 atom stereocenters. The van der Waals surface area contributed by atoms with Gasteiger partial charge in [0.15, 0.2) is 0 Å². The van der Waals surface area contributed by atoms with E-state index in [0.29, 0.717) is 18.1 Å². The van der Waals surface area contributed by atoms with Gasteiger partial charge in [-0.15, -0.1) is 0 Å². The Bertz CT molecular complexity index is 520. The summed E-state index contributed by atoms with van der Waals surface area (Å²) in [7, 11) is 0. The molecule has 0 aliphatic carbocycles. The number of hydrogen-bond acceptors (Lipinski definition) is 2. The summed E-state index contributed by atoms with van der Waals surface area (Å²) in [6.07, 6.45) is 4.66. The van der Waals surface area contributed by atoms with E-state index in [-0.39, 0.29) is 11.3 Å². The highest BCUT2D eigenvalue weighted by atomic mass is 16.1. The van der Waals surface area contributed by atoms with E-state index in [2.05, 4.69) is 37.5 Å². The predicted molar refractivity (Wildman–Crippen MR) is 85.6 cm³/mol. The maximum Gasteiger partial charge on any atom is 0.251 e. The van der Waals surface area contributed by atoms with E-state index in [9.17, 15) is 4.79 Å². The number of benzene rings is 1. The Hall–Kier alpha value is -1.35. The lowest BCUT2D eigenvalue weighted by atomic mass is 9.83. The summed E-state index contributed by atoms with van der Waals surface area (Å²) in [6.45, 7) is 6.47. The third-order valence-corrected chi connectivity index (χ3v) is 4.79. The maximum atomic E-state index is 12.7. The molecule has 0 spiro atoms. The van der Waals surface area contributed by atoms with Crippen molar-refractivity contribution in [2.75, 3.05) is 0 Å². The second-order valence-electron chi connectivity index (χ2n) is 7.58. The van der Waals surface area contributed by atoms with Crippen LogP contribution in [0.2, 0.25) is 0 Å². The van der Waals surface area contributed by atoms with E-state index < -0.39 is 0 Å². The Kier molecular flexibility index (Phi) is 3.78. The third-order valence-electron chi connectivity index (χ3n) is 4.79. The average molecular weight is 286 g/mol. The fourth-order valence-electron chi connectivity index (χ4n) is 3.77. The van der Waals surface area contributed by atoms with Gasteiger partial charge < -0.3 is 10.6 Å². The Morgan fingerprint density at radius 1 is 1.14 bits per heavy atom. The minimum Gasteiger partial charge on any atom is -0.349 e. The van der Waals surface area contributed by atoms with Crippen LogP contribution in [0.15, 0.2) is 24.3 Å². The summed E-state index contributed by atoms with van der Waals surface area (Å²) in [5.74, 6) is 0.0897. The molecule has 21 heavy (non-hydrogen) atoms. The van der Waals surface area contributed by atoms with Crippen LogP contribution in [0.4, 0.5) is 0 Å². The highest BCUT2D eigenvalue weighted by Crippen LogP contribution is 2.28. The van der Waals surface area contributed by atoms with Gasteiger partial charge in [0.1, 0.15) is 0 Å². The molecule has 1 aromatic rings. The van der Waals surface area contributed by atoms with Gasteiger partial charge in [-0.1, -0.05) is 39.0 Å². The first-order valence-corrected chi connectivity index (χ1v) is 8.10. The lowest BCUT2D eigenvalue weighted by Crippen LogP contribution is -2.48. The van der Waals surface area contributed by atoms with Crippen molar-refractivity contribution < 1.29 is 4.79 Å². The number of hydrogen-bond donors (Lipinski definition) is 2. The molecule has 2 bridgehead atoms. The van der Waals surface area contributed by atoms with E-state index in [0.717, 1.165) is 24.0 Å². The lowest BCUT2D eigenvalue weighted by Gasteiger charge is -2.30. The van der Waals surface area contributed by atoms with Crippen molar-refractivity contribution in [1.82, 2.24) is 10.6 Å². The summed E-state index contributed by atoms with van der Waals surface area (Å²) in [6, 6.07) is 9.52. The molecule has 1 amide bonds. The Labute approximate surface area is 127 Å². The number of nitrogens with one attached hydrogen (secondary N) is 2. The summed E-state index contributed by atoms with van der Waals surface area (Å²) >= 11 is 0. The third kappa shape index (κ3) is 3.13. The number of fused-ring (bicyclic) bond motifs is 2. The Morgan fingerprint density at radius 3 is 2.38 bits per heavy atom. The quantitative estimate of drug-likeness (QED) is 0.877. The van der Waals surface area contributed by atoms with Gasteiger partial charge in [-0.3, -0.25) is 4.79 Å². The van der Waals surface area contributed by atoms with Crippen molar-refractivity contribution in [2.24, 2.45) is 0 Å². The first kappa shape index (κ1) is 14.6. The lowest BCUT2D eigenvalue weighted by molar-refractivity contribution is 0.0921. The second kappa shape index (κ2) is 5.45. The summed E-state index contributed by atoms with van der Waals surface area (Å²) in [5, 5.41) is 6.89. The minimum atomic E-state index is -0.0128. The normalized spacial score (nSPS) is 28.4. The van der Waals surface area contributed by atoms with Crippen molar-refractivity contribution in [3.8, 4) is 0 Å². The zero-order valence-electron chi connectivity index (χ0n) is 13.3. The first-order chi connectivity index (χ1) is 9.93. The predicted octanol–water partition coefficient (Wildman–Crippen LogP) is 3.00. The number of piperidine rings is 1. The average Bonchev–Trinajstić information content (AvgIpc) is 2.77. The van der Waals surface area contributed by atoms with Gasteiger partial charge in [-0.25, -0.2) is 0 Å². The minimum absolute atomic E-state index is 0.0128. The monoisotopic (exact) mass is 286 g/mol. The standard InChI is InChI=1S/C18H26N2O/c1-18(2,3)16-7-5-4-6-15(16)17(21)20-14-10-12-8-9-13(11-14)19-12/h4-7,12-14,19H,8-11H2,1-3H3,(H,20,21). The molecule has 0 aromatic heterocycles.